The average molecular weight is 334 g/mol. The minimum Gasteiger partial charge on any atom is -0.378 e. The van der Waals surface area contributed by atoms with Crippen LogP contribution in [-0.4, -0.2) is 59.0 Å². The van der Waals surface area contributed by atoms with Crippen LogP contribution in [-0.2, 0) is 4.74 Å². The summed E-state index contributed by atoms with van der Waals surface area (Å²) in [4.78, 5) is 14.9. The third kappa shape index (κ3) is 3.64. The Labute approximate surface area is 144 Å². The molecule has 6 heteroatoms. The molecule has 1 aliphatic carbocycles. The summed E-state index contributed by atoms with van der Waals surface area (Å²) in [7, 11) is 0. The van der Waals surface area contributed by atoms with Crippen LogP contribution in [0.2, 0.25) is 0 Å². The molecule has 3 rings (SSSR count). The lowest BCUT2D eigenvalue weighted by atomic mass is 10.0. The van der Waals surface area contributed by atoms with E-state index in [1.54, 1.807) is 6.20 Å². The number of morpholine rings is 1. The van der Waals surface area contributed by atoms with Crippen molar-refractivity contribution in [1.29, 1.82) is 0 Å². The quantitative estimate of drug-likeness (QED) is 0.896. The van der Waals surface area contributed by atoms with Gasteiger partial charge in [0.15, 0.2) is 0 Å². The maximum atomic E-state index is 12.5. The summed E-state index contributed by atoms with van der Waals surface area (Å²) in [5.41, 5.74) is 1.74. The van der Waals surface area contributed by atoms with Gasteiger partial charge in [-0.3, -0.25) is 14.4 Å². The van der Waals surface area contributed by atoms with Gasteiger partial charge in [-0.15, -0.1) is 0 Å². The van der Waals surface area contributed by atoms with Crippen molar-refractivity contribution in [3.05, 3.63) is 17.5 Å². The number of nitrogens with one attached hydrogen (secondary N) is 1. The van der Waals surface area contributed by atoms with Gasteiger partial charge in [-0.1, -0.05) is 12.8 Å². The van der Waals surface area contributed by atoms with Crippen molar-refractivity contribution < 1.29 is 9.53 Å². The van der Waals surface area contributed by atoms with E-state index in [0.29, 0.717) is 18.2 Å². The SMILES string of the molecule is Cc1c(C(=O)NCCN2CCOCC2(C)C)cnn1C1CCCC1. The molecule has 1 saturated carbocycles. The van der Waals surface area contributed by atoms with E-state index >= 15 is 0 Å². The van der Waals surface area contributed by atoms with E-state index in [0.717, 1.165) is 32.0 Å². The normalized spacial score (nSPS) is 22.0. The topological polar surface area (TPSA) is 59.4 Å². The zero-order valence-corrected chi connectivity index (χ0v) is 15.2. The van der Waals surface area contributed by atoms with E-state index in [1.807, 2.05) is 11.6 Å². The summed E-state index contributed by atoms with van der Waals surface area (Å²) >= 11 is 0. The minimum absolute atomic E-state index is 0.0113. The Hall–Kier alpha value is -1.40. The number of ether oxygens (including phenoxy) is 1. The summed E-state index contributed by atoms with van der Waals surface area (Å²) in [5, 5.41) is 7.52. The van der Waals surface area contributed by atoms with Crippen LogP contribution in [0.5, 0.6) is 0 Å². The second-order valence-corrected chi connectivity index (χ2v) is 7.63. The lowest BCUT2D eigenvalue weighted by molar-refractivity contribution is -0.0498. The minimum atomic E-state index is -0.0113. The van der Waals surface area contributed by atoms with Crippen molar-refractivity contribution in [3.63, 3.8) is 0 Å². The van der Waals surface area contributed by atoms with Gasteiger partial charge < -0.3 is 10.1 Å². The van der Waals surface area contributed by atoms with Crippen molar-refractivity contribution in [2.45, 2.75) is 58.0 Å². The zero-order chi connectivity index (χ0) is 17.2. The summed E-state index contributed by atoms with van der Waals surface area (Å²) in [6.45, 7) is 10.3. The first-order valence-corrected chi connectivity index (χ1v) is 9.14. The lowest BCUT2D eigenvalue weighted by Crippen LogP contribution is -2.54. The van der Waals surface area contributed by atoms with E-state index in [1.165, 1.54) is 25.7 Å². The Morgan fingerprint density at radius 2 is 2.17 bits per heavy atom. The molecule has 24 heavy (non-hydrogen) atoms. The second kappa shape index (κ2) is 7.23. The molecule has 1 aromatic heterocycles. The molecule has 1 saturated heterocycles. The molecule has 2 aliphatic rings. The predicted molar refractivity (Wildman–Crippen MR) is 93.3 cm³/mol. The fourth-order valence-corrected chi connectivity index (χ4v) is 3.87. The molecule has 0 aromatic carbocycles. The van der Waals surface area contributed by atoms with Crippen molar-refractivity contribution in [3.8, 4) is 0 Å². The van der Waals surface area contributed by atoms with E-state index in [4.69, 9.17) is 4.74 Å². The highest BCUT2D eigenvalue weighted by atomic mass is 16.5. The van der Waals surface area contributed by atoms with Gasteiger partial charge in [0.05, 0.1) is 31.0 Å². The maximum absolute atomic E-state index is 12.5. The first-order chi connectivity index (χ1) is 11.5. The Morgan fingerprint density at radius 1 is 1.42 bits per heavy atom. The van der Waals surface area contributed by atoms with Crippen molar-refractivity contribution >= 4 is 5.91 Å². The fraction of sp³-hybridized carbons (Fsp3) is 0.778. The summed E-state index contributed by atoms with van der Waals surface area (Å²) < 4.78 is 7.59. The molecule has 0 spiro atoms. The van der Waals surface area contributed by atoms with Crippen LogP contribution in [0.15, 0.2) is 6.20 Å². The third-order valence-corrected chi connectivity index (χ3v) is 5.44. The Morgan fingerprint density at radius 3 is 2.88 bits per heavy atom. The van der Waals surface area contributed by atoms with Gasteiger partial charge in [0.1, 0.15) is 0 Å². The predicted octanol–water partition coefficient (Wildman–Crippen LogP) is 2.15. The molecule has 1 aliphatic heterocycles. The second-order valence-electron chi connectivity index (χ2n) is 7.63. The molecule has 2 fully saturated rings. The standard InChI is InChI=1S/C18H30N4O2/c1-14-16(12-20-22(14)15-6-4-5-7-15)17(23)19-8-9-21-10-11-24-13-18(21,2)3/h12,15H,4-11,13H2,1-3H3,(H,19,23). The zero-order valence-electron chi connectivity index (χ0n) is 15.2. The van der Waals surface area contributed by atoms with Gasteiger partial charge in [-0.05, 0) is 33.6 Å². The van der Waals surface area contributed by atoms with E-state index in [2.05, 4.69) is 29.2 Å². The molecular formula is C18H30N4O2. The van der Waals surface area contributed by atoms with Crippen molar-refractivity contribution in [2.75, 3.05) is 32.8 Å². The van der Waals surface area contributed by atoms with Crippen LogP contribution < -0.4 is 5.32 Å². The molecule has 0 bridgehead atoms. The monoisotopic (exact) mass is 334 g/mol. The van der Waals surface area contributed by atoms with Crippen molar-refractivity contribution in [1.82, 2.24) is 20.0 Å². The fourth-order valence-electron chi connectivity index (χ4n) is 3.87. The van der Waals surface area contributed by atoms with Crippen molar-refractivity contribution in [2.24, 2.45) is 0 Å². The largest absolute Gasteiger partial charge is 0.378 e. The van der Waals surface area contributed by atoms with Gasteiger partial charge in [0.2, 0.25) is 0 Å². The number of hydrogen-bond donors (Lipinski definition) is 1. The van der Waals surface area contributed by atoms with Crippen LogP contribution in [0, 0.1) is 6.92 Å². The van der Waals surface area contributed by atoms with Crippen LogP contribution in [0.25, 0.3) is 0 Å². The van der Waals surface area contributed by atoms with Gasteiger partial charge in [-0.25, -0.2) is 0 Å². The van der Waals surface area contributed by atoms with Gasteiger partial charge in [0, 0.05) is 30.9 Å². The number of hydrogen-bond acceptors (Lipinski definition) is 4. The summed E-state index contributed by atoms with van der Waals surface area (Å²) in [6.07, 6.45) is 6.61. The van der Waals surface area contributed by atoms with Gasteiger partial charge in [0.25, 0.3) is 5.91 Å². The number of rotatable bonds is 5. The molecule has 134 valence electrons. The number of carbonyl (C=O) groups is 1. The molecule has 1 N–H and O–H groups in total. The molecule has 1 aromatic rings. The third-order valence-electron chi connectivity index (χ3n) is 5.44. The molecule has 2 heterocycles. The van der Waals surface area contributed by atoms with E-state index < -0.39 is 0 Å². The Bertz CT molecular complexity index is 576. The van der Waals surface area contributed by atoms with E-state index in [-0.39, 0.29) is 11.4 Å². The van der Waals surface area contributed by atoms with E-state index in [9.17, 15) is 4.79 Å². The Balaban J connectivity index is 1.54. The van der Waals surface area contributed by atoms with Gasteiger partial charge in [-0.2, -0.15) is 5.10 Å². The Kier molecular flexibility index (Phi) is 5.25. The first kappa shape index (κ1) is 17.4. The molecular weight excluding hydrogens is 304 g/mol. The number of amides is 1. The number of carbonyl (C=O) groups excluding carboxylic acids is 1. The number of nitrogens with zero attached hydrogens (tertiary/aromatic N) is 3. The van der Waals surface area contributed by atoms with Crippen LogP contribution in [0.1, 0.15) is 61.6 Å². The molecule has 6 nitrogen and oxygen atoms in total. The highest BCUT2D eigenvalue weighted by molar-refractivity contribution is 5.95. The maximum Gasteiger partial charge on any atom is 0.254 e. The average Bonchev–Trinajstić information content (AvgIpc) is 3.17. The number of aromatic nitrogens is 2. The first-order valence-electron chi connectivity index (χ1n) is 9.14. The molecule has 0 atom stereocenters. The summed E-state index contributed by atoms with van der Waals surface area (Å²) in [5.74, 6) is -0.0113. The van der Waals surface area contributed by atoms with Crippen LogP contribution >= 0.6 is 0 Å². The molecule has 0 unspecified atom stereocenters. The van der Waals surface area contributed by atoms with Crippen LogP contribution in [0.3, 0.4) is 0 Å². The highest BCUT2D eigenvalue weighted by Crippen LogP contribution is 2.30. The smallest absolute Gasteiger partial charge is 0.254 e. The van der Waals surface area contributed by atoms with Gasteiger partial charge >= 0.3 is 0 Å². The van der Waals surface area contributed by atoms with Crippen LogP contribution in [0.4, 0.5) is 0 Å². The molecule has 0 radical (unpaired) electrons. The highest BCUT2D eigenvalue weighted by Gasteiger charge is 2.30. The summed E-state index contributed by atoms with van der Waals surface area (Å²) in [6, 6.07) is 0.473. The lowest BCUT2D eigenvalue weighted by Gasteiger charge is -2.42. The molecule has 1 amide bonds.